The molecule has 0 spiro atoms. The summed E-state index contributed by atoms with van der Waals surface area (Å²) in [4.78, 5) is 14.2. The summed E-state index contributed by atoms with van der Waals surface area (Å²) in [5, 5.41) is 11.0. The average molecular weight is 379 g/mol. The fourth-order valence-corrected chi connectivity index (χ4v) is 8.24. The van der Waals surface area contributed by atoms with Crippen LogP contribution in [-0.2, 0) is 4.52 Å². The number of rotatable bonds is 4. The van der Waals surface area contributed by atoms with Gasteiger partial charge in [-0.25, -0.2) is 4.52 Å². The van der Waals surface area contributed by atoms with Crippen molar-refractivity contribution in [2.24, 2.45) is 11.8 Å². The topological polar surface area (TPSA) is 55.8 Å². The van der Waals surface area contributed by atoms with E-state index in [9.17, 15) is 10.00 Å². The quantitative estimate of drug-likeness (QED) is 0.798. The summed E-state index contributed by atoms with van der Waals surface area (Å²) in [5.74, 6) is 0.991. The summed E-state index contributed by atoms with van der Waals surface area (Å²) in [6.07, 6.45) is 2.50. The molecule has 0 radical (unpaired) electrons. The van der Waals surface area contributed by atoms with Gasteiger partial charge in [-0.15, -0.1) is 0 Å². The molecule has 0 amide bonds. The van der Waals surface area contributed by atoms with E-state index in [1.807, 2.05) is 44.2 Å². The monoisotopic (exact) mass is 379 g/mol. The van der Waals surface area contributed by atoms with Crippen molar-refractivity contribution in [3.63, 3.8) is 0 Å². The fourth-order valence-electron chi connectivity index (χ4n) is 5.08. The summed E-state index contributed by atoms with van der Waals surface area (Å²) in [6.45, 7) is 11.3. The van der Waals surface area contributed by atoms with Crippen LogP contribution in [0.5, 0.6) is 0 Å². The molecule has 2 aliphatic rings. The largest absolute Gasteiger partial charge is 0.641 e. The summed E-state index contributed by atoms with van der Waals surface area (Å²) < 4.78 is 8.48. The van der Waals surface area contributed by atoms with E-state index >= 15 is 0 Å². The molecule has 146 valence electrons. The van der Waals surface area contributed by atoms with Crippen molar-refractivity contribution < 1.29 is 14.5 Å². The minimum Gasteiger partial charge on any atom is -0.641 e. The standard InChI is InChI=1S/C21H34NO3P/c1-6-22-21(4,5)18-13-12-15(2)14-19(18)25-26(22,24)16(3)20(23)17-10-8-7-9-11-17/h7-11,15-16,18-20,23H,6,12-14H2,1-5H3/t15-,16-,18-,19-,20-,26?/m1/s1. The van der Waals surface area contributed by atoms with Gasteiger partial charge >= 0.3 is 0 Å². The van der Waals surface area contributed by atoms with Crippen molar-refractivity contribution in [3.8, 4) is 0 Å². The van der Waals surface area contributed by atoms with Gasteiger partial charge in [0.2, 0.25) is 0 Å². The second kappa shape index (κ2) is 7.48. The summed E-state index contributed by atoms with van der Waals surface area (Å²) in [7, 11) is -3.19. The Morgan fingerprint density at radius 1 is 1.31 bits per heavy atom. The lowest BCUT2D eigenvalue weighted by Gasteiger charge is -2.59. The second-order valence-corrected chi connectivity index (χ2v) is 11.3. The molecular weight excluding hydrogens is 345 g/mol. The highest BCUT2D eigenvalue weighted by atomic mass is 31.2. The van der Waals surface area contributed by atoms with E-state index in [0.29, 0.717) is 18.4 Å². The van der Waals surface area contributed by atoms with Gasteiger partial charge in [-0.1, -0.05) is 43.7 Å². The first-order valence-corrected chi connectivity index (χ1v) is 11.7. The van der Waals surface area contributed by atoms with Crippen LogP contribution in [0.25, 0.3) is 0 Å². The molecule has 5 heteroatoms. The number of aliphatic hydroxyl groups is 1. The average Bonchev–Trinajstić information content (AvgIpc) is 2.60. The maximum atomic E-state index is 14.2. The lowest BCUT2D eigenvalue weighted by molar-refractivity contribution is -0.239. The van der Waals surface area contributed by atoms with Crippen molar-refractivity contribution >= 4 is 7.87 Å². The van der Waals surface area contributed by atoms with Crippen LogP contribution in [0.3, 0.4) is 0 Å². The van der Waals surface area contributed by atoms with E-state index in [1.54, 1.807) is 0 Å². The molecule has 0 bridgehead atoms. The van der Waals surface area contributed by atoms with Crippen molar-refractivity contribution in [2.45, 2.75) is 77.3 Å². The van der Waals surface area contributed by atoms with Crippen LogP contribution < -0.4 is 4.89 Å². The Bertz CT molecular complexity index is 611. The first-order chi connectivity index (χ1) is 12.2. The van der Waals surface area contributed by atoms with Crippen LogP contribution in [0, 0.1) is 11.8 Å². The Kier molecular flexibility index (Phi) is 5.82. The van der Waals surface area contributed by atoms with E-state index in [2.05, 4.69) is 25.4 Å². The molecule has 1 N–H and O–H groups in total. The second-order valence-electron chi connectivity index (χ2n) is 8.70. The molecule has 1 aromatic carbocycles. The lowest BCUT2D eigenvalue weighted by Crippen LogP contribution is -2.62. The van der Waals surface area contributed by atoms with Crippen molar-refractivity contribution in [1.29, 1.82) is 0 Å². The highest BCUT2D eigenvalue weighted by Crippen LogP contribution is 2.70. The van der Waals surface area contributed by atoms with E-state index in [4.69, 9.17) is 4.52 Å². The van der Waals surface area contributed by atoms with E-state index < -0.39 is 19.6 Å². The maximum Gasteiger partial charge on any atom is 0.180 e. The van der Waals surface area contributed by atoms with Gasteiger partial charge in [0.1, 0.15) is 17.9 Å². The zero-order valence-electron chi connectivity index (χ0n) is 16.8. The van der Waals surface area contributed by atoms with E-state index in [1.165, 1.54) is 6.42 Å². The molecule has 1 aromatic rings. The normalized spacial score (nSPS) is 37.0. The van der Waals surface area contributed by atoms with Gasteiger partial charge in [0.15, 0.2) is 7.87 Å². The van der Waals surface area contributed by atoms with Crippen molar-refractivity contribution in [1.82, 2.24) is 4.67 Å². The zero-order valence-corrected chi connectivity index (χ0v) is 17.7. The number of hydrogen-bond acceptors (Lipinski definition) is 4. The Labute approximate surface area is 159 Å². The molecule has 1 aliphatic heterocycles. The third-order valence-electron chi connectivity index (χ3n) is 6.66. The Morgan fingerprint density at radius 3 is 2.58 bits per heavy atom. The van der Waals surface area contributed by atoms with Gasteiger partial charge in [-0.05, 0) is 52.0 Å². The summed E-state index contributed by atoms with van der Waals surface area (Å²) in [5.41, 5.74) is 0.131. The van der Waals surface area contributed by atoms with Gasteiger partial charge in [0, 0.05) is 12.5 Å². The number of aliphatic hydroxyl groups excluding tert-OH is 1. The highest BCUT2D eigenvalue weighted by Gasteiger charge is 2.61. The molecule has 4 nitrogen and oxygen atoms in total. The van der Waals surface area contributed by atoms with Crippen LogP contribution in [0.1, 0.15) is 65.5 Å². The number of nitrogens with zero attached hydrogens (tertiary/aromatic N) is 1. The molecule has 26 heavy (non-hydrogen) atoms. The lowest BCUT2D eigenvalue weighted by atomic mass is 9.71. The molecule has 1 unspecified atom stereocenters. The molecular formula is C21H34NO3P. The molecule has 3 rings (SSSR count). The number of benzene rings is 1. The van der Waals surface area contributed by atoms with Crippen molar-refractivity contribution in [2.75, 3.05) is 6.54 Å². The predicted octanol–water partition coefficient (Wildman–Crippen LogP) is 4.17. The minimum atomic E-state index is -3.19. The van der Waals surface area contributed by atoms with E-state index in [-0.39, 0.29) is 11.6 Å². The summed E-state index contributed by atoms with van der Waals surface area (Å²) in [6, 6.07) is 9.52. The van der Waals surface area contributed by atoms with Gasteiger partial charge in [-0.2, -0.15) is 4.67 Å². The summed E-state index contributed by atoms with van der Waals surface area (Å²) >= 11 is 0. The molecule has 0 aromatic heterocycles. The molecule has 6 atom stereocenters. The molecule has 2 fully saturated rings. The minimum absolute atomic E-state index is 0.0211. The fraction of sp³-hybridized carbons (Fsp3) is 0.714. The zero-order chi connectivity index (χ0) is 19.1. The third kappa shape index (κ3) is 3.36. The van der Waals surface area contributed by atoms with Gasteiger partial charge < -0.3 is 10.00 Å². The third-order valence-corrected chi connectivity index (χ3v) is 10.0. The highest BCUT2D eigenvalue weighted by molar-refractivity contribution is 7.62. The SMILES string of the molecule is CCN1C(C)(C)[C@@H]2CC[C@@H](C)C[C@H]2O[P+]1([O-])[C@H](C)[C@@H](O)c1ccccc1. The molecule has 1 saturated heterocycles. The van der Waals surface area contributed by atoms with Crippen LogP contribution in [0.15, 0.2) is 30.3 Å². The van der Waals surface area contributed by atoms with Crippen LogP contribution in [0.4, 0.5) is 0 Å². The van der Waals surface area contributed by atoms with Gasteiger partial charge in [-0.3, -0.25) is 0 Å². The predicted molar refractivity (Wildman–Crippen MR) is 106 cm³/mol. The Hall–Kier alpha value is -0.510. The smallest absolute Gasteiger partial charge is 0.180 e. The van der Waals surface area contributed by atoms with Gasteiger partial charge in [0.25, 0.3) is 0 Å². The molecule has 1 aliphatic carbocycles. The van der Waals surface area contributed by atoms with Crippen LogP contribution in [0.2, 0.25) is 0 Å². The molecule has 1 heterocycles. The maximum absolute atomic E-state index is 14.2. The number of hydrogen-bond donors (Lipinski definition) is 1. The van der Waals surface area contributed by atoms with E-state index in [0.717, 1.165) is 18.4 Å². The molecule has 1 saturated carbocycles. The Morgan fingerprint density at radius 2 is 1.96 bits per heavy atom. The number of fused-ring (bicyclic) bond motifs is 1. The first kappa shape index (κ1) is 20.2. The first-order valence-electron chi connectivity index (χ1n) is 10.0. The van der Waals surface area contributed by atoms with Crippen LogP contribution in [-0.4, -0.2) is 33.6 Å². The van der Waals surface area contributed by atoms with Crippen molar-refractivity contribution in [3.05, 3.63) is 35.9 Å². The van der Waals surface area contributed by atoms with Crippen LogP contribution >= 0.6 is 7.87 Å². The van der Waals surface area contributed by atoms with Gasteiger partial charge in [0.05, 0.1) is 5.54 Å². The Balaban J connectivity index is 1.94.